The van der Waals surface area contributed by atoms with Gasteiger partial charge < -0.3 is 4.74 Å². The van der Waals surface area contributed by atoms with E-state index < -0.39 is 23.5 Å². The first-order chi connectivity index (χ1) is 10.4. The number of cyclic esters (lactones) is 1. The summed E-state index contributed by atoms with van der Waals surface area (Å²) in [5.74, 6) is -2.63. The lowest BCUT2D eigenvalue weighted by atomic mass is 9.95. The number of ether oxygens (including phenoxy) is 1. The first-order valence-corrected chi connectivity index (χ1v) is 7.14. The molecule has 1 aliphatic rings. The summed E-state index contributed by atoms with van der Waals surface area (Å²) in [6.45, 7) is 5.71. The second-order valence-corrected chi connectivity index (χ2v) is 5.57. The quantitative estimate of drug-likeness (QED) is 0.487. The number of carbonyl (C=O) groups is 3. The Labute approximate surface area is 129 Å². The van der Waals surface area contributed by atoms with Crippen LogP contribution in [0.15, 0.2) is 42.2 Å². The van der Waals surface area contributed by atoms with Crippen LogP contribution in [-0.4, -0.2) is 17.5 Å². The van der Waals surface area contributed by atoms with E-state index in [9.17, 15) is 14.4 Å². The second kappa shape index (κ2) is 6.52. The molecule has 0 aliphatic carbocycles. The molecule has 0 radical (unpaired) electrons. The minimum absolute atomic E-state index is 0.215. The summed E-state index contributed by atoms with van der Waals surface area (Å²) in [7, 11) is 0. The molecule has 0 amide bonds. The maximum atomic E-state index is 12.0. The lowest BCUT2D eigenvalue weighted by molar-refractivity contribution is -0.151. The van der Waals surface area contributed by atoms with Crippen LogP contribution >= 0.6 is 0 Å². The normalized spacial score (nSPS) is 18.5. The molecule has 0 N–H and O–H groups in total. The van der Waals surface area contributed by atoms with E-state index in [0.717, 1.165) is 5.56 Å². The van der Waals surface area contributed by atoms with Gasteiger partial charge in [0, 0.05) is 6.08 Å². The van der Waals surface area contributed by atoms with Crippen LogP contribution in [0.5, 0.6) is 0 Å². The molecule has 1 aliphatic heterocycles. The van der Waals surface area contributed by atoms with Crippen LogP contribution < -0.4 is 0 Å². The van der Waals surface area contributed by atoms with Gasteiger partial charge in [-0.2, -0.15) is 0 Å². The van der Waals surface area contributed by atoms with Crippen LogP contribution in [0.3, 0.4) is 0 Å². The van der Waals surface area contributed by atoms with Crippen molar-refractivity contribution >= 4 is 23.6 Å². The van der Waals surface area contributed by atoms with E-state index >= 15 is 0 Å². The van der Waals surface area contributed by atoms with Gasteiger partial charge in [-0.05, 0) is 30.0 Å². The number of ketones is 2. The molecule has 1 aromatic carbocycles. The second-order valence-electron chi connectivity index (χ2n) is 5.57. The van der Waals surface area contributed by atoms with Crippen molar-refractivity contribution in [2.75, 3.05) is 0 Å². The summed E-state index contributed by atoms with van der Waals surface area (Å²) < 4.78 is 4.83. The maximum Gasteiger partial charge on any atom is 0.329 e. The fourth-order valence-electron chi connectivity index (χ4n) is 2.17. The largest absolute Gasteiger partial charge is 0.430 e. The molecule has 114 valence electrons. The van der Waals surface area contributed by atoms with E-state index in [4.69, 9.17) is 4.74 Å². The molecule has 0 unspecified atom stereocenters. The zero-order chi connectivity index (χ0) is 16.3. The zero-order valence-corrected chi connectivity index (χ0v) is 12.8. The number of esters is 1. The van der Waals surface area contributed by atoms with Crippen molar-refractivity contribution in [2.24, 2.45) is 5.92 Å². The van der Waals surface area contributed by atoms with E-state index in [0.29, 0.717) is 5.92 Å². The monoisotopic (exact) mass is 298 g/mol. The van der Waals surface area contributed by atoms with Crippen molar-refractivity contribution in [1.82, 2.24) is 0 Å². The highest BCUT2D eigenvalue weighted by Gasteiger charge is 2.36. The van der Waals surface area contributed by atoms with Crippen molar-refractivity contribution in [3.05, 3.63) is 53.3 Å². The van der Waals surface area contributed by atoms with Crippen LogP contribution in [0.1, 0.15) is 37.8 Å². The molecule has 0 spiro atoms. The molecule has 0 saturated carbocycles. The van der Waals surface area contributed by atoms with Crippen LogP contribution in [0.4, 0.5) is 0 Å². The van der Waals surface area contributed by atoms with Crippen molar-refractivity contribution in [3.8, 4) is 0 Å². The molecule has 2 rings (SSSR count). The van der Waals surface area contributed by atoms with Crippen LogP contribution in [0.25, 0.3) is 6.08 Å². The third-order valence-electron chi connectivity index (χ3n) is 3.46. The topological polar surface area (TPSA) is 60.4 Å². The highest BCUT2D eigenvalue weighted by Crippen LogP contribution is 2.18. The van der Waals surface area contributed by atoms with E-state index in [-0.39, 0.29) is 5.76 Å². The summed E-state index contributed by atoms with van der Waals surface area (Å²) in [5, 5.41) is 0. The third-order valence-corrected chi connectivity index (χ3v) is 3.46. The first-order valence-electron chi connectivity index (χ1n) is 7.14. The predicted octanol–water partition coefficient (Wildman–Crippen LogP) is 3.04. The number of benzene rings is 1. The number of hydrogen-bond donors (Lipinski definition) is 0. The van der Waals surface area contributed by atoms with Crippen molar-refractivity contribution < 1.29 is 19.1 Å². The Morgan fingerprint density at radius 1 is 1.18 bits per heavy atom. The Kier molecular flexibility index (Phi) is 4.71. The van der Waals surface area contributed by atoms with Gasteiger partial charge in [0.1, 0.15) is 5.76 Å². The highest BCUT2D eigenvalue weighted by molar-refractivity contribution is 6.25. The maximum absolute atomic E-state index is 12.0. The van der Waals surface area contributed by atoms with Gasteiger partial charge in [0.15, 0.2) is 17.5 Å². The molecule has 0 bridgehead atoms. The summed E-state index contributed by atoms with van der Waals surface area (Å²) in [5.41, 5.74) is 2.04. The number of hydrogen-bond acceptors (Lipinski definition) is 4. The fraction of sp³-hybridized carbons (Fsp3) is 0.278. The van der Waals surface area contributed by atoms with E-state index in [2.05, 4.69) is 13.8 Å². The van der Waals surface area contributed by atoms with Gasteiger partial charge in [-0.1, -0.05) is 44.2 Å². The number of allylic oxidation sites excluding steroid dienone is 3. The first kappa shape index (κ1) is 15.9. The van der Waals surface area contributed by atoms with Gasteiger partial charge in [0.25, 0.3) is 0 Å². The smallest absolute Gasteiger partial charge is 0.329 e. The standard InChI is InChI=1S/C18H18O4/c1-11(2)14-7-4-13(5-8-14)6-9-15(19)17-16(20)10-12(3)22-18(17)21/h4-11,17H,1-3H3/b9-6+/t17-/m0/s1. The Balaban J connectivity index is 2.11. The Morgan fingerprint density at radius 3 is 2.36 bits per heavy atom. The lowest BCUT2D eigenvalue weighted by Crippen LogP contribution is -2.34. The van der Waals surface area contributed by atoms with Crippen LogP contribution in [0, 0.1) is 5.92 Å². The van der Waals surface area contributed by atoms with E-state index in [1.807, 2.05) is 24.3 Å². The van der Waals surface area contributed by atoms with E-state index in [1.54, 1.807) is 6.08 Å². The lowest BCUT2D eigenvalue weighted by Gasteiger charge is -2.15. The summed E-state index contributed by atoms with van der Waals surface area (Å²) in [4.78, 5) is 35.4. The van der Waals surface area contributed by atoms with Crippen LogP contribution in [0.2, 0.25) is 0 Å². The molecule has 0 saturated heterocycles. The van der Waals surface area contributed by atoms with E-state index in [1.165, 1.54) is 24.6 Å². The molecule has 0 fully saturated rings. The molecule has 1 aromatic rings. The molecule has 1 heterocycles. The van der Waals surface area contributed by atoms with Crippen molar-refractivity contribution in [2.45, 2.75) is 26.7 Å². The number of rotatable bonds is 4. The van der Waals surface area contributed by atoms with Gasteiger partial charge >= 0.3 is 5.97 Å². The average Bonchev–Trinajstić information content (AvgIpc) is 2.44. The molecule has 4 heteroatoms. The fourth-order valence-corrected chi connectivity index (χ4v) is 2.17. The predicted molar refractivity (Wildman–Crippen MR) is 82.9 cm³/mol. The van der Waals surface area contributed by atoms with Crippen molar-refractivity contribution in [1.29, 1.82) is 0 Å². The highest BCUT2D eigenvalue weighted by atomic mass is 16.5. The average molecular weight is 298 g/mol. The zero-order valence-electron chi connectivity index (χ0n) is 12.8. The van der Waals surface area contributed by atoms with Gasteiger partial charge in [-0.3, -0.25) is 14.4 Å². The minimum atomic E-state index is -1.38. The van der Waals surface area contributed by atoms with Gasteiger partial charge in [0.2, 0.25) is 0 Å². The Bertz CT molecular complexity index is 663. The van der Waals surface area contributed by atoms with Gasteiger partial charge in [-0.15, -0.1) is 0 Å². The minimum Gasteiger partial charge on any atom is -0.430 e. The molecular formula is C18H18O4. The summed E-state index contributed by atoms with van der Waals surface area (Å²) in [6.07, 6.45) is 4.02. The van der Waals surface area contributed by atoms with Crippen LogP contribution in [-0.2, 0) is 19.1 Å². The molecule has 4 nitrogen and oxygen atoms in total. The molecule has 22 heavy (non-hydrogen) atoms. The third kappa shape index (κ3) is 3.58. The SMILES string of the molecule is CC1=CC(=O)[C@H](C(=O)/C=C/c2ccc(C(C)C)cc2)C(=O)O1. The van der Waals surface area contributed by atoms with Crippen molar-refractivity contribution in [3.63, 3.8) is 0 Å². The molecule has 0 aromatic heterocycles. The molecule has 1 atom stereocenters. The van der Waals surface area contributed by atoms with Gasteiger partial charge in [0.05, 0.1) is 0 Å². The summed E-state index contributed by atoms with van der Waals surface area (Å²) in [6, 6.07) is 7.76. The number of carbonyl (C=O) groups excluding carboxylic acids is 3. The molecular weight excluding hydrogens is 280 g/mol. The van der Waals surface area contributed by atoms with Gasteiger partial charge in [-0.25, -0.2) is 0 Å². The summed E-state index contributed by atoms with van der Waals surface area (Å²) >= 11 is 0. The Hall–Kier alpha value is -2.49. The Morgan fingerprint density at radius 2 is 1.82 bits per heavy atom.